The number of carboxylic acid groups (broad SMARTS) is 1. The Morgan fingerprint density at radius 3 is 2.39 bits per heavy atom. The number of nitrogens with zero attached hydrogens (tertiary/aromatic N) is 3. The van der Waals surface area contributed by atoms with Crippen molar-refractivity contribution in [1.82, 2.24) is 20.0 Å². The molecule has 0 saturated carbocycles. The van der Waals surface area contributed by atoms with Crippen LogP contribution in [-0.4, -0.2) is 50.9 Å². The Labute approximate surface area is 204 Å². The van der Waals surface area contributed by atoms with Gasteiger partial charge >= 0.3 is 12.1 Å². The van der Waals surface area contributed by atoms with E-state index in [2.05, 4.69) is 33.5 Å². The van der Waals surface area contributed by atoms with Crippen LogP contribution in [0.25, 0.3) is 0 Å². The number of hydrogen-bond acceptors (Lipinski definition) is 4. The van der Waals surface area contributed by atoms with Crippen LogP contribution >= 0.6 is 0 Å². The third kappa shape index (κ3) is 5.40. The molecule has 0 bridgehead atoms. The lowest BCUT2D eigenvalue weighted by molar-refractivity contribution is -0.192. The van der Waals surface area contributed by atoms with E-state index in [1.165, 1.54) is 17.2 Å². The predicted octanol–water partition coefficient (Wildman–Crippen LogP) is 3.89. The van der Waals surface area contributed by atoms with E-state index in [-0.39, 0.29) is 17.8 Å². The Hall–Kier alpha value is -3.73. The predicted molar refractivity (Wildman–Crippen MR) is 121 cm³/mol. The SMILES string of the molecule is Cn1nccc1C(=O)N[C@@H]1c2ccccc2[C@@H]2CN(Cc3cccc(F)c3)C[C@H]12.O=C(O)C(F)(F)F. The maximum absolute atomic E-state index is 13.6. The summed E-state index contributed by atoms with van der Waals surface area (Å²) in [6, 6.07) is 16.9. The van der Waals surface area contributed by atoms with E-state index in [1.807, 2.05) is 12.1 Å². The van der Waals surface area contributed by atoms with Gasteiger partial charge in [0.25, 0.3) is 5.91 Å². The number of carbonyl (C=O) groups excluding carboxylic acids is 1. The van der Waals surface area contributed by atoms with Crippen molar-refractivity contribution in [3.05, 3.63) is 89.0 Å². The lowest BCUT2D eigenvalue weighted by Gasteiger charge is -2.23. The summed E-state index contributed by atoms with van der Waals surface area (Å²) in [4.78, 5) is 24.1. The van der Waals surface area contributed by atoms with Crippen LogP contribution in [0.2, 0.25) is 0 Å². The van der Waals surface area contributed by atoms with Gasteiger partial charge in [-0.3, -0.25) is 14.4 Å². The molecule has 3 aromatic rings. The molecule has 7 nitrogen and oxygen atoms in total. The number of hydrogen-bond donors (Lipinski definition) is 2. The molecule has 2 heterocycles. The van der Waals surface area contributed by atoms with Gasteiger partial charge in [0.1, 0.15) is 11.5 Å². The maximum atomic E-state index is 13.6. The highest BCUT2D eigenvalue weighted by Gasteiger charge is 2.46. The molecule has 2 aromatic carbocycles. The number of likely N-dealkylation sites (tertiary alicyclic amines) is 1. The van der Waals surface area contributed by atoms with Gasteiger partial charge in [0.05, 0.1) is 6.04 Å². The van der Waals surface area contributed by atoms with Crippen LogP contribution < -0.4 is 5.32 Å². The standard InChI is InChI=1S/C23H23FN4O.C2HF3O2/c1-27-21(9-10-25-27)23(29)26-22-18-8-3-2-7-17(18)19-13-28(14-20(19)22)12-15-5-4-6-16(24)11-15;3-2(4,5)1(6)7/h2-11,19-20,22H,12-14H2,1H3,(H,26,29);(H,6,7)/t19-,20-,22+;/m0./s1. The first-order valence-electron chi connectivity index (χ1n) is 11.2. The number of carboxylic acids is 1. The van der Waals surface area contributed by atoms with Gasteiger partial charge in [-0.15, -0.1) is 0 Å². The second-order valence-corrected chi connectivity index (χ2v) is 8.82. The summed E-state index contributed by atoms with van der Waals surface area (Å²) in [6.07, 6.45) is -3.45. The monoisotopic (exact) mass is 504 g/mol. The van der Waals surface area contributed by atoms with E-state index in [0.717, 1.165) is 25.2 Å². The molecule has 190 valence electrons. The average molecular weight is 504 g/mol. The molecule has 2 N–H and O–H groups in total. The van der Waals surface area contributed by atoms with E-state index in [4.69, 9.17) is 9.90 Å². The summed E-state index contributed by atoms with van der Waals surface area (Å²) in [5.41, 5.74) is 4.06. The molecule has 2 aliphatic rings. The van der Waals surface area contributed by atoms with Crippen molar-refractivity contribution >= 4 is 11.9 Å². The number of halogens is 4. The quantitative estimate of drug-likeness (QED) is 0.527. The lowest BCUT2D eigenvalue weighted by Crippen LogP contribution is -2.34. The van der Waals surface area contributed by atoms with Gasteiger partial charge in [-0.1, -0.05) is 36.4 Å². The van der Waals surface area contributed by atoms with Gasteiger partial charge in [0, 0.05) is 44.7 Å². The summed E-state index contributed by atoms with van der Waals surface area (Å²) in [5.74, 6) is -2.38. The second kappa shape index (κ2) is 10.1. The van der Waals surface area contributed by atoms with Gasteiger partial charge in [-0.25, -0.2) is 9.18 Å². The average Bonchev–Trinajstić information content (AvgIpc) is 3.49. The topological polar surface area (TPSA) is 87.5 Å². The van der Waals surface area contributed by atoms with Crippen molar-refractivity contribution < 1.29 is 32.3 Å². The van der Waals surface area contributed by atoms with Crippen LogP contribution in [0.1, 0.15) is 39.1 Å². The Bertz CT molecular complexity index is 1260. The Morgan fingerprint density at radius 1 is 1.08 bits per heavy atom. The number of alkyl halides is 3. The molecule has 11 heteroatoms. The highest BCUT2D eigenvalue weighted by molar-refractivity contribution is 5.92. The number of fused-ring (bicyclic) bond motifs is 3. The van der Waals surface area contributed by atoms with Crippen molar-refractivity contribution in [1.29, 1.82) is 0 Å². The van der Waals surface area contributed by atoms with Crippen LogP contribution in [0.4, 0.5) is 17.6 Å². The molecule has 3 atom stereocenters. The third-order valence-electron chi connectivity index (χ3n) is 6.48. The number of aryl methyl sites for hydroxylation is 1. The smallest absolute Gasteiger partial charge is 0.475 e. The Balaban J connectivity index is 0.000000384. The summed E-state index contributed by atoms with van der Waals surface area (Å²) in [6.45, 7) is 2.50. The van der Waals surface area contributed by atoms with E-state index < -0.39 is 12.1 Å². The van der Waals surface area contributed by atoms with Crippen LogP contribution in [-0.2, 0) is 18.4 Å². The highest BCUT2D eigenvalue weighted by Crippen LogP contribution is 2.49. The van der Waals surface area contributed by atoms with E-state index >= 15 is 0 Å². The number of nitrogens with one attached hydrogen (secondary N) is 1. The number of aromatic nitrogens is 2. The fourth-order valence-corrected chi connectivity index (χ4v) is 4.96. The van der Waals surface area contributed by atoms with Gasteiger partial charge in [0.15, 0.2) is 0 Å². The molecule has 5 rings (SSSR count). The first-order chi connectivity index (χ1) is 17.0. The fraction of sp³-hybridized carbons (Fsp3) is 0.320. The zero-order chi connectivity index (χ0) is 26.0. The van der Waals surface area contributed by atoms with Crippen molar-refractivity contribution in [3.8, 4) is 0 Å². The molecule has 1 amide bonds. The van der Waals surface area contributed by atoms with Crippen LogP contribution in [0.3, 0.4) is 0 Å². The van der Waals surface area contributed by atoms with Crippen molar-refractivity contribution in [3.63, 3.8) is 0 Å². The van der Waals surface area contributed by atoms with Gasteiger partial charge in [-0.2, -0.15) is 18.3 Å². The summed E-state index contributed by atoms with van der Waals surface area (Å²) >= 11 is 0. The van der Waals surface area contributed by atoms with Crippen molar-refractivity contribution in [2.24, 2.45) is 13.0 Å². The molecule has 1 aromatic heterocycles. The minimum atomic E-state index is -5.08. The van der Waals surface area contributed by atoms with Gasteiger partial charge < -0.3 is 10.4 Å². The number of rotatable bonds is 4. The number of carbonyl (C=O) groups is 2. The fourth-order valence-electron chi connectivity index (χ4n) is 4.96. The highest BCUT2D eigenvalue weighted by atomic mass is 19.4. The van der Waals surface area contributed by atoms with E-state index in [0.29, 0.717) is 17.5 Å². The molecule has 1 saturated heterocycles. The summed E-state index contributed by atoms with van der Waals surface area (Å²) in [5, 5.41) is 14.5. The zero-order valence-electron chi connectivity index (χ0n) is 19.2. The lowest BCUT2D eigenvalue weighted by atomic mass is 9.94. The van der Waals surface area contributed by atoms with Crippen LogP contribution in [0, 0.1) is 11.7 Å². The molecule has 0 radical (unpaired) electrons. The van der Waals surface area contributed by atoms with E-state index in [1.54, 1.807) is 36.1 Å². The summed E-state index contributed by atoms with van der Waals surface area (Å²) < 4.78 is 46.9. The minimum absolute atomic E-state index is 0.0314. The zero-order valence-corrected chi connectivity index (χ0v) is 19.2. The summed E-state index contributed by atoms with van der Waals surface area (Å²) in [7, 11) is 1.77. The van der Waals surface area contributed by atoms with Crippen LogP contribution in [0.5, 0.6) is 0 Å². The number of aliphatic carboxylic acids is 1. The Kier molecular flexibility index (Phi) is 7.11. The number of amides is 1. The first kappa shape index (κ1) is 25.4. The van der Waals surface area contributed by atoms with E-state index in [9.17, 15) is 22.4 Å². The van der Waals surface area contributed by atoms with Crippen molar-refractivity contribution in [2.75, 3.05) is 13.1 Å². The molecule has 36 heavy (non-hydrogen) atoms. The minimum Gasteiger partial charge on any atom is -0.475 e. The molecule has 1 aliphatic heterocycles. The normalized spacial score (nSPS) is 20.8. The largest absolute Gasteiger partial charge is 0.490 e. The number of benzene rings is 2. The molecular formula is C25H24F4N4O3. The molecule has 0 unspecified atom stereocenters. The van der Waals surface area contributed by atoms with Crippen molar-refractivity contribution in [2.45, 2.75) is 24.7 Å². The van der Waals surface area contributed by atoms with Gasteiger partial charge in [0.2, 0.25) is 0 Å². The van der Waals surface area contributed by atoms with Crippen LogP contribution in [0.15, 0.2) is 60.8 Å². The second-order valence-electron chi connectivity index (χ2n) is 8.82. The van der Waals surface area contributed by atoms with Gasteiger partial charge in [-0.05, 0) is 34.9 Å². The maximum Gasteiger partial charge on any atom is 0.490 e. The molecular weight excluding hydrogens is 480 g/mol. The first-order valence-corrected chi connectivity index (χ1v) is 11.2. The Morgan fingerprint density at radius 2 is 1.78 bits per heavy atom. The molecule has 1 fully saturated rings. The third-order valence-corrected chi connectivity index (χ3v) is 6.48. The molecule has 1 aliphatic carbocycles. The molecule has 0 spiro atoms.